The molecule has 0 unspecified atom stereocenters. The third-order valence-electron chi connectivity index (χ3n) is 21.5. The van der Waals surface area contributed by atoms with Crippen LogP contribution in [0.1, 0.15) is 0 Å². The van der Waals surface area contributed by atoms with E-state index < -0.39 is 0 Å². The summed E-state index contributed by atoms with van der Waals surface area (Å²) in [5.41, 5.74) is 29.6. The van der Waals surface area contributed by atoms with Crippen LogP contribution in [0.3, 0.4) is 0 Å². The number of hydrogen-bond acceptors (Lipinski definition) is 6. The Bertz CT molecular complexity index is 6800. The molecular formula is C102H66N10. The summed E-state index contributed by atoms with van der Waals surface area (Å²) in [4.78, 5) is 30.2. The molecule has 8 aromatic heterocycles. The van der Waals surface area contributed by atoms with Crippen molar-refractivity contribution in [2.75, 3.05) is 0 Å². The van der Waals surface area contributed by atoms with E-state index in [0.717, 1.165) is 134 Å². The lowest BCUT2D eigenvalue weighted by Crippen LogP contribution is -1.98. The summed E-state index contributed by atoms with van der Waals surface area (Å²) in [6, 6.07) is 137. The van der Waals surface area contributed by atoms with Crippen molar-refractivity contribution in [3.05, 3.63) is 401 Å². The van der Waals surface area contributed by atoms with E-state index in [4.69, 9.17) is 29.9 Å². The van der Waals surface area contributed by atoms with Crippen LogP contribution >= 0.6 is 0 Å². The van der Waals surface area contributed by atoms with Gasteiger partial charge in [-0.25, -0.2) is 19.9 Å². The van der Waals surface area contributed by atoms with Crippen molar-refractivity contribution in [1.29, 1.82) is 0 Å². The van der Waals surface area contributed by atoms with Crippen LogP contribution in [0, 0.1) is 0 Å². The van der Waals surface area contributed by atoms with Gasteiger partial charge in [-0.15, -0.1) is 0 Å². The molecular weight excluding hydrogens is 1370 g/mol. The van der Waals surface area contributed by atoms with E-state index in [1.165, 1.54) is 54.7 Å². The second-order valence-electron chi connectivity index (χ2n) is 28.2. The Morgan fingerprint density at radius 2 is 0.446 bits per heavy atom. The molecule has 524 valence electrons. The Morgan fingerprint density at radius 3 is 0.866 bits per heavy atom. The van der Waals surface area contributed by atoms with Crippen LogP contribution in [0.2, 0.25) is 0 Å². The van der Waals surface area contributed by atoms with Gasteiger partial charge in [-0.05, 0) is 168 Å². The molecule has 0 spiro atoms. The lowest BCUT2D eigenvalue weighted by atomic mass is 10.0. The van der Waals surface area contributed by atoms with E-state index in [1.54, 1.807) is 0 Å². The van der Waals surface area contributed by atoms with Crippen LogP contribution in [0.4, 0.5) is 0 Å². The number of pyridine rings is 2. The second-order valence-corrected chi connectivity index (χ2v) is 28.2. The fourth-order valence-corrected chi connectivity index (χ4v) is 16.3. The molecule has 0 amide bonds. The van der Waals surface area contributed by atoms with E-state index in [-0.39, 0.29) is 0 Å². The predicted molar refractivity (Wildman–Crippen MR) is 460 cm³/mol. The topological polar surface area (TPSA) is 97.1 Å². The maximum Gasteiger partial charge on any atom is 0.160 e. The Labute approximate surface area is 645 Å². The highest BCUT2D eigenvalue weighted by molar-refractivity contribution is 6.14. The monoisotopic (exact) mass is 1430 g/mol. The largest absolute Gasteiger partial charge is 0.309 e. The maximum atomic E-state index is 5.12. The van der Waals surface area contributed by atoms with Crippen LogP contribution in [0.5, 0.6) is 0 Å². The van der Waals surface area contributed by atoms with Crippen molar-refractivity contribution in [3.8, 4) is 113 Å². The SMILES string of the molecule is c1ccc(-c2cc(-c3cccc(-n4c5ccc(-c6ccc7c(c6)c6ccccc6n7-c6ccccc6)cc5c5ncccc54)c3)nc(-c3ccccc3)n2)cc1.c1ccc(-c2cc(-c3ccccc3)nc(-c3cccc(-n4c5ccc(-c6ccc7c(c6)c6ccccc6n7-c6ccccc6)cc5c5ncccc54)c3)n2)cc1. The molecule has 0 aliphatic carbocycles. The Kier molecular flexibility index (Phi) is 16.0. The molecule has 0 saturated heterocycles. The van der Waals surface area contributed by atoms with E-state index >= 15 is 0 Å². The fourth-order valence-electron chi connectivity index (χ4n) is 16.3. The van der Waals surface area contributed by atoms with Gasteiger partial charge >= 0.3 is 0 Å². The molecule has 10 heteroatoms. The summed E-state index contributed by atoms with van der Waals surface area (Å²) in [6.07, 6.45) is 3.77. The average Bonchev–Trinajstić information content (AvgIpc) is 1.58. The highest BCUT2D eigenvalue weighted by Gasteiger charge is 2.22. The molecule has 22 rings (SSSR count). The first-order valence-corrected chi connectivity index (χ1v) is 37.7. The molecule has 0 N–H and O–H groups in total. The van der Waals surface area contributed by atoms with Crippen molar-refractivity contribution in [1.82, 2.24) is 48.2 Å². The minimum atomic E-state index is 0.678. The van der Waals surface area contributed by atoms with Crippen LogP contribution in [0.15, 0.2) is 401 Å². The lowest BCUT2D eigenvalue weighted by Gasteiger charge is -2.12. The normalized spacial score (nSPS) is 11.6. The molecule has 0 saturated carbocycles. The number of fused-ring (bicyclic) bond motifs is 12. The average molecular weight is 1430 g/mol. The zero-order chi connectivity index (χ0) is 74.0. The van der Waals surface area contributed by atoms with Gasteiger partial charge in [0.25, 0.3) is 0 Å². The third-order valence-corrected chi connectivity index (χ3v) is 21.5. The number of hydrogen-bond donors (Lipinski definition) is 0. The molecule has 14 aromatic carbocycles. The zero-order valence-electron chi connectivity index (χ0n) is 60.6. The van der Waals surface area contributed by atoms with Gasteiger partial charge in [-0.1, -0.05) is 243 Å². The van der Waals surface area contributed by atoms with Crippen molar-refractivity contribution < 1.29 is 0 Å². The standard InChI is InChI=1S/2C51H33N5/c1-4-14-34(15-5-1)44-33-45(54-51(53-44)35-16-6-2-7-17-35)38-18-12-21-40(30-38)56-48-28-26-37(32-43(48)50-49(56)24-13-29-52-50)36-25-27-47-42(31-36)41-22-10-11-23-46(41)55(47)39-19-8-3-9-20-39;1-4-14-34(15-5-1)44-33-45(35-16-6-2-7-17-35)54-51(53-44)38-18-12-21-40(30-38)56-48-28-26-37(32-43(48)50-49(56)24-13-29-52-50)36-25-27-47-42(31-36)41-22-10-11-23-46(41)55(47)39-19-8-3-9-20-39/h2*1-33H. The molecule has 112 heavy (non-hydrogen) atoms. The number of nitrogens with zero attached hydrogens (tertiary/aromatic N) is 10. The first-order chi connectivity index (χ1) is 55.5. The maximum absolute atomic E-state index is 5.12. The molecule has 0 aliphatic heterocycles. The Hall–Kier alpha value is -15.3. The summed E-state index contributed by atoms with van der Waals surface area (Å²) < 4.78 is 9.34. The van der Waals surface area contributed by atoms with Gasteiger partial charge < -0.3 is 18.3 Å². The number of rotatable bonds is 12. The summed E-state index contributed by atoms with van der Waals surface area (Å²) in [5, 5.41) is 7.15. The molecule has 0 aliphatic rings. The Balaban J connectivity index is 0.000000141. The van der Waals surface area contributed by atoms with Crippen molar-refractivity contribution in [3.63, 3.8) is 0 Å². The first kappa shape index (κ1) is 65.1. The zero-order valence-corrected chi connectivity index (χ0v) is 60.6. The summed E-state index contributed by atoms with van der Waals surface area (Å²) >= 11 is 0. The molecule has 0 atom stereocenters. The molecule has 0 fully saturated rings. The van der Waals surface area contributed by atoms with Gasteiger partial charge in [-0.2, -0.15) is 0 Å². The van der Waals surface area contributed by atoms with E-state index in [2.05, 4.69) is 322 Å². The summed E-state index contributed by atoms with van der Waals surface area (Å²) in [6.45, 7) is 0. The van der Waals surface area contributed by atoms with Gasteiger partial charge in [0, 0.05) is 101 Å². The summed E-state index contributed by atoms with van der Waals surface area (Å²) in [5.74, 6) is 1.38. The van der Waals surface area contributed by atoms with Crippen molar-refractivity contribution in [2.24, 2.45) is 0 Å². The predicted octanol–water partition coefficient (Wildman–Crippen LogP) is 25.5. The summed E-state index contributed by atoms with van der Waals surface area (Å²) in [7, 11) is 0. The molecule has 22 aromatic rings. The third kappa shape index (κ3) is 11.5. The van der Waals surface area contributed by atoms with Gasteiger partial charge in [0.1, 0.15) is 0 Å². The van der Waals surface area contributed by atoms with E-state index in [0.29, 0.717) is 11.6 Å². The molecule has 0 bridgehead atoms. The fraction of sp³-hybridized carbons (Fsp3) is 0. The number of aromatic nitrogens is 10. The van der Waals surface area contributed by atoms with E-state index in [1.807, 2.05) is 97.3 Å². The van der Waals surface area contributed by atoms with Gasteiger partial charge in [0.05, 0.1) is 77.9 Å². The molecule has 0 radical (unpaired) electrons. The number of benzene rings is 14. The quantitative estimate of drug-likeness (QED) is 0.121. The molecule has 8 heterocycles. The van der Waals surface area contributed by atoms with Gasteiger partial charge in [-0.3, -0.25) is 9.97 Å². The number of para-hydroxylation sites is 4. The highest BCUT2D eigenvalue weighted by Crippen LogP contribution is 2.42. The first-order valence-electron chi connectivity index (χ1n) is 37.7. The highest BCUT2D eigenvalue weighted by atomic mass is 15.0. The lowest BCUT2D eigenvalue weighted by molar-refractivity contribution is 1.15. The smallest absolute Gasteiger partial charge is 0.160 e. The van der Waals surface area contributed by atoms with E-state index in [9.17, 15) is 0 Å². The van der Waals surface area contributed by atoms with Crippen molar-refractivity contribution in [2.45, 2.75) is 0 Å². The van der Waals surface area contributed by atoms with Crippen molar-refractivity contribution >= 4 is 87.5 Å². The van der Waals surface area contributed by atoms with Crippen LogP contribution in [0.25, 0.3) is 200 Å². The van der Waals surface area contributed by atoms with Crippen LogP contribution < -0.4 is 0 Å². The van der Waals surface area contributed by atoms with Crippen LogP contribution in [-0.2, 0) is 0 Å². The second kappa shape index (κ2) is 27.5. The molecule has 10 nitrogen and oxygen atoms in total. The van der Waals surface area contributed by atoms with Crippen LogP contribution in [-0.4, -0.2) is 48.2 Å². The minimum absolute atomic E-state index is 0.678. The Morgan fingerprint density at radius 1 is 0.161 bits per heavy atom. The minimum Gasteiger partial charge on any atom is -0.309 e. The van der Waals surface area contributed by atoms with Gasteiger partial charge in [0.2, 0.25) is 0 Å². The van der Waals surface area contributed by atoms with Gasteiger partial charge in [0.15, 0.2) is 11.6 Å².